The van der Waals surface area contributed by atoms with Crippen LogP contribution in [0.25, 0.3) is 5.57 Å². The van der Waals surface area contributed by atoms with Crippen LogP contribution in [0.2, 0.25) is 5.02 Å². The van der Waals surface area contributed by atoms with Gasteiger partial charge in [-0.15, -0.1) is 0 Å². The number of ether oxygens (including phenoxy) is 1. The lowest BCUT2D eigenvalue weighted by molar-refractivity contribution is -0.136. The Morgan fingerprint density at radius 3 is 2.47 bits per heavy atom. The van der Waals surface area contributed by atoms with Crippen LogP contribution < -0.4 is 4.74 Å². The number of allylic oxidation sites excluding steroid dienone is 1. The first-order valence-electron chi connectivity index (χ1n) is 9.32. The fraction of sp³-hybridized carbons (Fsp3) is 0.318. The van der Waals surface area contributed by atoms with Gasteiger partial charge in [0.25, 0.3) is 5.92 Å². The van der Waals surface area contributed by atoms with Crippen molar-refractivity contribution in [3.05, 3.63) is 69.8 Å². The highest BCUT2D eigenvalue weighted by atomic mass is 35.5. The molecule has 0 bridgehead atoms. The van der Waals surface area contributed by atoms with Gasteiger partial charge >= 0.3 is 5.97 Å². The van der Waals surface area contributed by atoms with Crippen LogP contribution in [0.1, 0.15) is 36.8 Å². The molecule has 1 N–H and O–H groups in total. The number of carbonyl (C=O) groups is 1. The van der Waals surface area contributed by atoms with Gasteiger partial charge < -0.3 is 9.84 Å². The van der Waals surface area contributed by atoms with Crippen LogP contribution >= 0.6 is 11.6 Å². The second kappa shape index (κ2) is 9.08. The number of hydrogen-bond donors (Lipinski definition) is 1. The molecular weight excluding hydrogens is 424 g/mol. The molecule has 0 heterocycles. The lowest BCUT2D eigenvalue weighted by Crippen LogP contribution is -2.24. The second-order valence-corrected chi connectivity index (χ2v) is 7.59. The normalized spacial score (nSPS) is 15.9. The van der Waals surface area contributed by atoms with Crippen molar-refractivity contribution in [1.29, 1.82) is 0 Å². The van der Waals surface area contributed by atoms with Gasteiger partial charge in [0.2, 0.25) is 5.82 Å². The van der Waals surface area contributed by atoms with E-state index in [0.717, 1.165) is 5.56 Å². The first-order valence-corrected chi connectivity index (χ1v) is 9.70. The summed E-state index contributed by atoms with van der Waals surface area (Å²) in [6, 6.07) is 9.16. The van der Waals surface area contributed by atoms with E-state index < -0.39 is 35.7 Å². The van der Waals surface area contributed by atoms with Crippen LogP contribution in [0.5, 0.6) is 5.75 Å². The Bertz CT molecular complexity index is 971. The average Bonchev–Trinajstić information content (AvgIpc) is 2.68. The molecule has 160 valence electrons. The maximum Gasteiger partial charge on any atom is 0.303 e. The largest absolute Gasteiger partial charge is 0.486 e. The van der Waals surface area contributed by atoms with Crippen molar-refractivity contribution in [2.24, 2.45) is 0 Å². The molecule has 0 radical (unpaired) electrons. The molecule has 0 atom stereocenters. The Hall–Kier alpha value is -2.54. The number of hydrogen-bond acceptors (Lipinski definition) is 2. The van der Waals surface area contributed by atoms with Crippen LogP contribution in [0, 0.1) is 11.6 Å². The van der Waals surface area contributed by atoms with E-state index in [1.807, 2.05) is 0 Å². The number of carboxylic acids is 1. The second-order valence-electron chi connectivity index (χ2n) is 7.15. The van der Waals surface area contributed by atoms with E-state index in [4.69, 9.17) is 21.4 Å². The van der Waals surface area contributed by atoms with Crippen LogP contribution in [-0.4, -0.2) is 23.6 Å². The molecule has 0 unspecified atom stereocenters. The quantitative estimate of drug-likeness (QED) is 0.513. The molecule has 2 aromatic rings. The SMILES string of the molecule is O=C(O)CCc1ccc(OCC2=C(c3ccc(Cl)cc3)CCC(F)(F)C2)c(F)c1F. The maximum atomic E-state index is 14.3. The number of carboxylic acid groups (broad SMARTS) is 1. The molecule has 0 aliphatic heterocycles. The molecule has 0 spiro atoms. The topological polar surface area (TPSA) is 46.5 Å². The fourth-order valence-corrected chi connectivity index (χ4v) is 3.54. The van der Waals surface area contributed by atoms with Crippen molar-refractivity contribution in [2.75, 3.05) is 6.61 Å². The Kier molecular flexibility index (Phi) is 6.71. The molecule has 2 aromatic carbocycles. The Morgan fingerprint density at radius 2 is 1.80 bits per heavy atom. The number of aliphatic carboxylic acids is 1. The van der Waals surface area contributed by atoms with Gasteiger partial charge in [-0.2, -0.15) is 4.39 Å². The lowest BCUT2D eigenvalue weighted by Gasteiger charge is -2.27. The molecule has 1 aliphatic rings. The maximum absolute atomic E-state index is 14.3. The predicted molar refractivity (Wildman–Crippen MR) is 105 cm³/mol. The summed E-state index contributed by atoms with van der Waals surface area (Å²) in [6.07, 6.45) is -1.24. The molecule has 0 amide bonds. The molecule has 0 fully saturated rings. The third kappa shape index (κ3) is 5.33. The van der Waals surface area contributed by atoms with Gasteiger partial charge in [0, 0.05) is 24.3 Å². The molecule has 3 rings (SSSR count). The van der Waals surface area contributed by atoms with Crippen LogP contribution in [0.4, 0.5) is 17.6 Å². The summed E-state index contributed by atoms with van der Waals surface area (Å²) < 4.78 is 61.9. The summed E-state index contributed by atoms with van der Waals surface area (Å²) in [6.45, 7) is -0.321. The molecule has 30 heavy (non-hydrogen) atoms. The summed E-state index contributed by atoms with van der Waals surface area (Å²) in [5, 5.41) is 9.19. The van der Waals surface area contributed by atoms with Crippen molar-refractivity contribution in [2.45, 2.75) is 38.0 Å². The van der Waals surface area contributed by atoms with E-state index in [1.54, 1.807) is 24.3 Å². The number of benzene rings is 2. The van der Waals surface area contributed by atoms with Crippen molar-refractivity contribution < 1.29 is 32.2 Å². The average molecular weight is 443 g/mol. The molecule has 0 saturated heterocycles. The van der Waals surface area contributed by atoms with E-state index in [0.29, 0.717) is 16.2 Å². The number of aryl methyl sites for hydroxylation is 1. The van der Waals surface area contributed by atoms with Gasteiger partial charge in [-0.3, -0.25) is 4.79 Å². The Labute approximate surface area is 175 Å². The minimum absolute atomic E-state index is 0.0903. The van der Waals surface area contributed by atoms with Crippen molar-refractivity contribution in [3.63, 3.8) is 0 Å². The van der Waals surface area contributed by atoms with Crippen molar-refractivity contribution in [1.82, 2.24) is 0 Å². The third-order valence-corrected chi connectivity index (χ3v) is 5.22. The van der Waals surface area contributed by atoms with Gasteiger partial charge in [0.1, 0.15) is 6.61 Å². The zero-order chi connectivity index (χ0) is 21.9. The van der Waals surface area contributed by atoms with Gasteiger partial charge in [-0.05, 0) is 53.3 Å². The van der Waals surface area contributed by atoms with E-state index in [1.165, 1.54) is 12.1 Å². The Morgan fingerprint density at radius 1 is 1.10 bits per heavy atom. The number of rotatable bonds is 7. The standard InChI is InChI=1S/C22H19ClF4O3/c23-16-5-1-13(2-6-16)17-9-10-22(26,27)11-15(17)12-30-18-7-3-14(4-8-19(28)29)20(24)21(18)25/h1-3,5-7H,4,8-12H2,(H,28,29). The Balaban J connectivity index is 1.83. The zero-order valence-corrected chi connectivity index (χ0v) is 16.6. The van der Waals surface area contributed by atoms with Gasteiger partial charge in [0.15, 0.2) is 11.6 Å². The highest BCUT2D eigenvalue weighted by molar-refractivity contribution is 6.30. The summed E-state index contributed by atoms with van der Waals surface area (Å²) in [7, 11) is 0. The summed E-state index contributed by atoms with van der Waals surface area (Å²) in [5.74, 6) is -6.92. The molecule has 8 heteroatoms. The fourth-order valence-electron chi connectivity index (χ4n) is 3.41. The van der Waals surface area contributed by atoms with E-state index in [2.05, 4.69) is 0 Å². The van der Waals surface area contributed by atoms with Crippen molar-refractivity contribution >= 4 is 23.1 Å². The van der Waals surface area contributed by atoms with E-state index in [-0.39, 0.29) is 37.9 Å². The first-order chi connectivity index (χ1) is 14.2. The highest BCUT2D eigenvalue weighted by Gasteiger charge is 2.36. The third-order valence-electron chi connectivity index (χ3n) is 4.97. The summed E-state index contributed by atoms with van der Waals surface area (Å²) in [5.41, 5.74) is 1.62. The zero-order valence-electron chi connectivity index (χ0n) is 15.9. The molecule has 1 aliphatic carbocycles. The van der Waals surface area contributed by atoms with E-state index in [9.17, 15) is 22.4 Å². The molecule has 0 saturated carbocycles. The van der Waals surface area contributed by atoms with Crippen molar-refractivity contribution in [3.8, 4) is 5.75 Å². The monoisotopic (exact) mass is 442 g/mol. The van der Waals surface area contributed by atoms with E-state index >= 15 is 0 Å². The smallest absolute Gasteiger partial charge is 0.303 e. The minimum Gasteiger partial charge on any atom is -0.486 e. The molecule has 0 aromatic heterocycles. The predicted octanol–water partition coefficient (Wildman–Crippen LogP) is 6.29. The van der Waals surface area contributed by atoms with Crippen LogP contribution in [-0.2, 0) is 11.2 Å². The lowest BCUT2D eigenvalue weighted by atomic mass is 9.85. The highest BCUT2D eigenvalue weighted by Crippen LogP contribution is 2.41. The van der Waals surface area contributed by atoms with Gasteiger partial charge in [-0.25, -0.2) is 13.2 Å². The number of halogens is 5. The summed E-state index contributed by atoms with van der Waals surface area (Å²) >= 11 is 5.89. The van der Waals surface area contributed by atoms with Crippen LogP contribution in [0.15, 0.2) is 42.0 Å². The minimum atomic E-state index is -2.90. The molecule has 3 nitrogen and oxygen atoms in total. The van der Waals surface area contributed by atoms with Gasteiger partial charge in [-0.1, -0.05) is 29.8 Å². The van der Waals surface area contributed by atoms with Gasteiger partial charge in [0.05, 0.1) is 0 Å². The number of alkyl halides is 2. The first kappa shape index (κ1) is 22.2. The van der Waals surface area contributed by atoms with Crippen LogP contribution in [0.3, 0.4) is 0 Å². The summed E-state index contributed by atoms with van der Waals surface area (Å²) in [4.78, 5) is 10.6. The molecular formula is C22H19ClF4O3.